The Morgan fingerprint density at radius 1 is 1.69 bits per heavy atom. The SMILES string of the molecule is CCc1noc(CN2CCNCC2C#N)n1. The molecule has 1 fully saturated rings. The van der Waals surface area contributed by atoms with Crippen LogP contribution < -0.4 is 5.32 Å². The molecule has 1 aromatic heterocycles. The predicted octanol–water partition coefficient (Wildman–Crippen LogP) is -0.0706. The Labute approximate surface area is 94.2 Å². The van der Waals surface area contributed by atoms with Crippen molar-refractivity contribution in [2.75, 3.05) is 19.6 Å². The summed E-state index contributed by atoms with van der Waals surface area (Å²) in [4.78, 5) is 6.30. The first-order valence-corrected chi connectivity index (χ1v) is 5.49. The monoisotopic (exact) mass is 221 g/mol. The van der Waals surface area contributed by atoms with Gasteiger partial charge in [0, 0.05) is 26.1 Å². The molecule has 0 radical (unpaired) electrons. The minimum absolute atomic E-state index is 0.106. The first-order valence-electron chi connectivity index (χ1n) is 5.49. The highest BCUT2D eigenvalue weighted by atomic mass is 16.5. The van der Waals surface area contributed by atoms with Crippen molar-refractivity contribution in [3.8, 4) is 6.07 Å². The van der Waals surface area contributed by atoms with Crippen molar-refractivity contribution in [3.63, 3.8) is 0 Å². The number of hydrogen-bond acceptors (Lipinski definition) is 6. The first kappa shape index (κ1) is 11.0. The molecule has 86 valence electrons. The number of aromatic nitrogens is 2. The molecule has 6 heteroatoms. The fraction of sp³-hybridized carbons (Fsp3) is 0.700. The Balaban J connectivity index is 1.99. The van der Waals surface area contributed by atoms with E-state index in [1.165, 1.54) is 0 Å². The van der Waals surface area contributed by atoms with E-state index in [2.05, 4.69) is 26.4 Å². The van der Waals surface area contributed by atoms with Gasteiger partial charge in [-0.1, -0.05) is 12.1 Å². The molecule has 1 aromatic rings. The topological polar surface area (TPSA) is 78.0 Å². The number of nitrogens with one attached hydrogen (secondary N) is 1. The number of nitrogens with zero attached hydrogens (tertiary/aromatic N) is 4. The second-order valence-corrected chi connectivity index (χ2v) is 3.78. The van der Waals surface area contributed by atoms with Crippen LogP contribution in [-0.2, 0) is 13.0 Å². The molecule has 1 aliphatic rings. The van der Waals surface area contributed by atoms with Crippen molar-refractivity contribution in [2.45, 2.75) is 25.9 Å². The summed E-state index contributed by atoms with van der Waals surface area (Å²) >= 11 is 0. The van der Waals surface area contributed by atoms with Crippen molar-refractivity contribution in [2.24, 2.45) is 0 Å². The van der Waals surface area contributed by atoms with Gasteiger partial charge in [0.15, 0.2) is 5.82 Å². The van der Waals surface area contributed by atoms with Crippen LogP contribution in [0.25, 0.3) is 0 Å². The number of aryl methyl sites for hydroxylation is 1. The average molecular weight is 221 g/mol. The van der Waals surface area contributed by atoms with Gasteiger partial charge in [0.2, 0.25) is 5.89 Å². The quantitative estimate of drug-likeness (QED) is 0.769. The maximum atomic E-state index is 8.99. The Hall–Kier alpha value is -1.45. The first-order chi connectivity index (χ1) is 7.83. The minimum Gasteiger partial charge on any atom is -0.338 e. The summed E-state index contributed by atoms with van der Waals surface area (Å²) < 4.78 is 5.12. The number of piperazine rings is 1. The maximum Gasteiger partial charge on any atom is 0.240 e. The summed E-state index contributed by atoms with van der Waals surface area (Å²) in [5, 5.41) is 16.0. The zero-order chi connectivity index (χ0) is 11.4. The lowest BCUT2D eigenvalue weighted by Crippen LogP contribution is -2.50. The maximum absolute atomic E-state index is 8.99. The molecule has 1 N–H and O–H groups in total. The van der Waals surface area contributed by atoms with E-state index in [4.69, 9.17) is 9.78 Å². The largest absolute Gasteiger partial charge is 0.338 e. The van der Waals surface area contributed by atoms with Crippen LogP contribution in [0.3, 0.4) is 0 Å². The van der Waals surface area contributed by atoms with Gasteiger partial charge in [-0.25, -0.2) is 0 Å². The molecule has 1 unspecified atom stereocenters. The number of rotatable bonds is 3. The van der Waals surface area contributed by atoms with Crippen LogP contribution in [0.15, 0.2) is 4.52 Å². The van der Waals surface area contributed by atoms with Crippen molar-refractivity contribution in [1.82, 2.24) is 20.4 Å². The Bertz CT molecular complexity index is 383. The molecule has 1 atom stereocenters. The van der Waals surface area contributed by atoms with Gasteiger partial charge in [0.25, 0.3) is 0 Å². The lowest BCUT2D eigenvalue weighted by Gasteiger charge is -2.30. The van der Waals surface area contributed by atoms with Crippen LogP contribution in [0.5, 0.6) is 0 Å². The molecule has 0 amide bonds. The Morgan fingerprint density at radius 2 is 2.56 bits per heavy atom. The minimum atomic E-state index is -0.106. The summed E-state index contributed by atoms with van der Waals surface area (Å²) in [5.41, 5.74) is 0. The van der Waals surface area contributed by atoms with Gasteiger partial charge in [0.1, 0.15) is 6.04 Å². The van der Waals surface area contributed by atoms with Gasteiger partial charge < -0.3 is 9.84 Å². The van der Waals surface area contributed by atoms with E-state index < -0.39 is 0 Å². The summed E-state index contributed by atoms with van der Waals surface area (Å²) in [7, 11) is 0. The zero-order valence-corrected chi connectivity index (χ0v) is 9.31. The smallest absolute Gasteiger partial charge is 0.240 e. The highest BCUT2D eigenvalue weighted by Gasteiger charge is 2.23. The van der Waals surface area contributed by atoms with Crippen molar-refractivity contribution < 1.29 is 4.52 Å². The summed E-state index contributed by atoms with van der Waals surface area (Å²) in [6, 6.07) is 2.16. The fourth-order valence-electron chi connectivity index (χ4n) is 1.73. The normalized spacial score (nSPS) is 21.9. The van der Waals surface area contributed by atoms with Gasteiger partial charge in [-0.2, -0.15) is 10.2 Å². The predicted molar refractivity (Wildman–Crippen MR) is 56.4 cm³/mol. The molecule has 0 bridgehead atoms. The van der Waals surface area contributed by atoms with Gasteiger partial charge in [-0.3, -0.25) is 4.90 Å². The molecule has 0 aromatic carbocycles. The molecule has 2 rings (SSSR count). The molecule has 16 heavy (non-hydrogen) atoms. The second kappa shape index (κ2) is 5.05. The van der Waals surface area contributed by atoms with E-state index in [1.807, 2.05) is 6.92 Å². The molecule has 1 saturated heterocycles. The standard InChI is InChI=1S/C10H15N5O/c1-2-9-13-10(16-14-9)7-15-4-3-12-6-8(15)5-11/h8,12H,2-4,6-7H2,1H3. The summed E-state index contributed by atoms with van der Waals surface area (Å²) in [6.07, 6.45) is 0.771. The third-order valence-corrected chi connectivity index (χ3v) is 2.67. The fourth-order valence-corrected chi connectivity index (χ4v) is 1.73. The van der Waals surface area contributed by atoms with Crippen molar-refractivity contribution in [3.05, 3.63) is 11.7 Å². The second-order valence-electron chi connectivity index (χ2n) is 3.78. The third-order valence-electron chi connectivity index (χ3n) is 2.67. The highest BCUT2D eigenvalue weighted by molar-refractivity contribution is 4.98. The lowest BCUT2D eigenvalue weighted by atomic mass is 10.2. The molecule has 6 nitrogen and oxygen atoms in total. The molecule has 1 aliphatic heterocycles. The van der Waals surface area contributed by atoms with E-state index in [9.17, 15) is 0 Å². The van der Waals surface area contributed by atoms with E-state index in [0.29, 0.717) is 19.0 Å². The third kappa shape index (κ3) is 2.38. The summed E-state index contributed by atoms with van der Waals surface area (Å²) in [6.45, 7) is 4.98. The molecule has 0 aliphatic carbocycles. The lowest BCUT2D eigenvalue weighted by molar-refractivity contribution is 0.166. The van der Waals surface area contributed by atoms with Crippen LogP contribution >= 0.6 is 0 Å². The van der Waals surface area contributed by atoms with Crippen LogP contribution in [-0.4, -0.2) is 40.7 Å². The van der Waals surface area contributed by atoms with E-state index >= 15 is 0 Å². The molecule has 2 heterocycles. The number of nitriles is 1. The van der Waals surface area contributed by atoms with Crippen LogP contribution in [0, 0.1) is 11.3 Å². The molecule has 0 spiro atoms. The average Bonchev–Trinajstić information content (AvgIpc) is 2.77. The zero-order valence-electron chi connectivity index (χ0n) is 9.31. The van der Waals surface area contributed by atoms with E-state index in [0.717, 1.165) is 25.3 Å². The van der Waals surface area contributed by atoms with E-state index in [1.54, 1.807) is 0 Å². The van der Waals surface area contributed by atoms with Crippen LogP contribution in [0.1, 0.15) is 18.6 Å². The molecule has 0 saturated carbocycles. The van der Waals surface area contributed by atoms with Crippen LogP contribution in [0.4, 0.5) is 0 Å². The Morgan fingerprint density at radius 3 is 3.25 bits per heavy atom. The van der Waals surface area contributed by atoms with Gasteiger partial charge >= 0.3 is 0 Å². The highest BCUT2D eigenvalue weighted by Crippen LogP contribution is 2.08. The van der Waals surface area contributed by atoms with Gasteiger partial charge in [0.05, 0.1) is 12.6 Å². The molecular formula is C10H15N5O. The number of hydrogen-bond donors (Lipinski definition) is 1. The summed E-state index contributed by atoms with van der Waals surface area (Å²) in [5.74, 6) is 1.32. The van der Waals surface area contributed by atoms with Gasteiger partial charge in [-0.05, 0) is 0 Å². The van der Waals surface area contributed by atoms with E-state index in [-0.39, 0.29) is 6.04 Å². The van der Waals surface area contributed by atoms with Crippen molar-refractivity contribution in [1.29, 1.82) is 5.26 Å². The molecular weight excluding hydrogens is 206 g/mol. The van der Waals surface area contributed by atoms with Gasteiger partial charge in [-0.15, -0.1) is 0 Å². The van der Waals surface area contributed by atoms with Crippen LogP contribution in [0.2, 0.25) is 0 Å². The Kier molecular flexibility index (Phi) is 3.49. The van der Waals surface area contributed by atoms with Crippen molar-refractivity contribution >= 4 is 0 Å².